The Morgan fingerprint density at radius 3 is 2.70 bits per heavy atom. The van der Waals surface area contributed by atoms with E-state index in [0.717, 1.165) is 18.4 Å². The number of carbonyl (C=O) groups is 2. The fourth-order valence-electron chi connectivity index (χ4n) is 4.66. The topological polar surface area (TPSA) is 107 Å². The Bertz CT molecular complexity index is 1410. The molecule has 208 valence electrons. The minimum absolute atomic E-state index is 0.169. The van der Waals surface area contributed by atoms with Gasteiger partial charge in [-0.25, -0.2) is 14.2 Å². The van der Waals surface area contributed by atoms with Gasteiger partial charge in [0.15, 0.2) is 0 Å². The minimum Gasteiger partial charge on any atom is -0.444 e. The van der Waals surface area contributed by atoms with E-state index in [9.17, 15) is 19.2 Å². The van der Waals surface area contributed by atoms with Gasteiger partial charge >= 0.3 is 6.09 Å². The third-order valence-electron chi connectivity index (χ3n) is 6.56. The number of nitrogens with zero attached hydrogens (tertiary/aromatic N) is 3. The quantitative estimate of drug-likeness (QED) is 0.386. The van der Waals surface area contributed by atoms with Crippen molar-refractivity contribution >= 4 is 17.8 Å². The predicted molar refractivity (Wildman–Crippen MR) is 151 cm³/mol. The molecule has 9 heteroatoms. The van der Waals surface area contributed by atoms with Crippen LogP contribution in [-0.2, 0) is 11.2 Å². The van der Waals surface area contributed by atoms with Crippen LogP contribution >= 0.6 is 0 Å². The van der Waals surface area contributed by atoms with Gasteiger partial charge in [0.25, 0.3) is 5.91 Å². The van der Waals surface area contributed by atoms with Crippen molar-refractivity contribution in [3.8, 4) is 17.3 Å². The van der Waals surface area contributed by atoms with Crippen LogP contribution in [0.3, 0.4) is 0 Å². The molecule has 1 aliphatic rings. The van der Waals surface area contributed by atoms with Crippen molar-refractivity contribution in [3.63, 3.8) is 0 Å². The number of ether oxygens (including phenoxy) is 1. The van der Waals surface area contributed by atoms with Crippen LogP contribution in [-0.4, -0.2) is 53.2 Å². The van der Waals surface area contributed by atoms with E-state index < -0.39 is 5.60 Å². The van der Waals surface area contributed by atoms with Crippen LogP contribution in [0.4, 0.5) is 15.0 Å². The smallest absolute Gasteiger partial charge is 0.410 e. The number of aromatic nitrogens is 1. The van der Waals surface area contributed by atoms with Gasteiger partial charge in [0.05, 0.1) is 28.9 Å². The maximum atomic E-state index is 13.6. The van der Waals surface area contributed by atoms with E-state index in [4.69, 9.17) is 9.72 Å². The van der Waals surface area contributed by atoms with Crippen LogP contribution in [0.25, 0.3) is 11.3 Å². The predicted octanol–water partition coefficient (Wildman–Crippen LogP) is 5.54. The first-order valence-electron chi connectivity index (χ1n) is 13.4. The average Bonchev–Trinajstić information content (AvgIpc) is 3.40. The summed E-state index contributed by atoms with van der Waals surface area (Å²) < 4.78 is 19.2. The summed E-state index contributed by atoms with van der Waals surface area (Å²) in [6.45, 7) is 6.75. The minimum atomic E-state index is -0.600. The van der Waals surface area contributed by atoms with E-state index in [0.29, 0.717) is 47.7 Å². The highest BCUT2D eigenvalue weighted by Gasteiger charge is 2.32. The molecule has 0 radical (unpaired) electrons. The Labute approximate surface area is 234 Å². The number of amides is 2. The Morgan fingerprint density at radius 1 is 1.15 bits per heavy atom. The van der Waals surface area contributed by atoms with Gasteiger partial charge in [-0.05, 0) is 75.9 Å². The number of anilines is 1. The van der Waals surface area contributed by atoms with Crippen LogP contribution in [0.5, 0.6) is 0 Å². The number of nitrogens with one attached hydrogen (secondary N) is 2. The summed E-state index contributed by atoms with van der Waals surface area (Å²) in [5.74, 6) is -0.287. The van der Waals surface area contributed by atoms with E-state index in [1.54, 1.807) is 35.2 Å². The summed E-state index contributed by atoms with van der Waals surface area (Å²) in [7, 11) is 0. The van der Waals surface area contributed by atoms with Crippen molar-refractivity contribution in [2.45, 2.75) is 51.7 Å². The number of hydrogen-bond acceptors (Lipinski definition) is 6. The molecule has 1 aromatic heterocycles. The third kappa shape index (κ3) is 7.35. The van der Waals surface area contributed by atoms with E-state index in [-0.39, 0.29) is 30.4 Å². The maximum Gasteiger partial charge on any atom is 0.410 e. The molecule has 2 heterocycles. The van der Waals surface area contributed by atoms with Crippen molar-refractivity contribution in [3.05, 3.63) is 83.2 Å². The SMILES string of the molecule is CC(C)(C)OC(=O)N1CCCC1CNC(=O)c1ccc(-c2ccccc2C#N)nc1NCCc1cccc(F)c1. The van der Waals surface area contributed by atoms with E-state index in [1.807, 2.05) is 39.0 Å². The zero-order valence-corrected chi connectivity index (χ0v) is 23.0. The van der Waals surface area contributed by atoms with Gasteiger partial charge in [-0.3, -0.25) is 4.79 Å². The first-order valence-corrected chi connectivity index (χ1v) is 13.4. The largest absolute Gasteiger partial charge is 0.444 e. The lowest BCUT2D eigenvalue weighted by Gasteiger charge is -2.28. The number of hydrogen-bond donors (Lipinski definition) is 2. The maximum absolute atomic E-state index is 13.6. The Balaban J connectivity index is 1.52. The lowest BCUT2D eigenvalue weighted by Crippen LogP contribution is -2.45. The molecule has 3 aromatic rings. The molecule has 1 saturated heterocycles. The summed E-state index contributed by atoms with van der Waals surface area (Å²) in [6, 6.07) is 18.9. The summed E-state index contributed by atoms with van der Waals surface area (Å²) in [4.78, 5) is 32.4. The van der Waals surface area contributed by atoms with Crippen LogP contribution in [0, 0.1) is 17.1 Å². The first kappa shape index (κ1) is 28.6. The molecule has 0 spiro atoms. The van der Waals surface area contributed by atoms with Gasteiger partial charge in [-0.15, -0.1) is 0 Å². The van der Waals surface area contributed by atoms with Crippen LogP contribution in [0.15, 0.2) is 60.7 Å². The molecule has 0 bridgehead atoms. The van der Waals surface area contributed by atoms with Crippen molar-refractivity contribution < 1.29 is 18.7 Å². The van der Waals surface area contributed by atoms with Crippen LogP contribution in [0.1, 0.15) is 55.1 Å². The number of benzene rings is 2. The molecule has 8 nitrogen and oxygen atoms in total. The highest BCUT2D eigenvalue weighted by Crippen LogP contribution is 2.26. The third-order valence-corrected chi connectivity index (χ3v) is 6.56. The molecule has 1 fully saturated rings. The molecule has 0 saturated carbocycles. The standard InChI is InChI=1S/C31H34FN5O3/c1-31(2,3)40-30(39)37-17-7-11-24(37)20-35-29(38)26-13-14-27(25-12-5-4-9-22(25)19-33)36-28(26)34-16-15-21-8-6-10-23(32)18-21/h4-6,8-10,12-14,18,24H,7,11,15-17,20H2,1-3H3,(H,34,36)(H,35,38). The molecule has 4 rings (SSSR count). The number of pyridine rings is 1. The number of nitriles is 1. The molecular formula is C31H34FN5O3. The molecule has 0 aliphatic carbocycles. The molecular weight excluding hydrogens is 509 g/mol. The van der Waals surface area contributed by atoms with Crippen molar-refractivity contribution in [2.24, 2.45) is 0 Å². The van der Waals surface area contributed by atoms with Crippen molar-refractivity contribution in [2.75, 3.05) is 25.0 Å². The van der Waals surface area contributed by atoms with Crippen LogP contribution < -0.4 is 10.6 Å². The highest BCUT2D eigenvalue weighted by molar-refractivity contribution is 5.99. The highest BCUT2D eigenvalue weighted by atomic mass is 19.1. The number of likely N-dealkylation sites (tertiary alicyclic amines) is 1. The van der Waals surface area contributed by atoms with Gasteiger partial charge in [-0.1, -0.05) is 30.3 Å². The van der Waals surface area contributed by atoms with Crippen molar-refractivity contribution in [1.82, 2.24) is 15.2 Å². The second kappa shape index (κ2) is 12.6. The van der Waals surface area contributed by atoms with Gasteiger partial charge in [-0.2, -0.15) is 5.26 Å². The second-order valence-corrected chi connectivity index (χ2v) is 10.7. The lowest BCUT2D eigenvalue weighted by atomic mass is 10.0. The fraction of sp³-hybridized carbons (Fsp3) is 0.355. The molecule has 2 aromatic carbocycles. The molecule has 1 unspecified atom stereocenters. The van der Waals surface area contributed by atoms with E-state index in [2.05, 4.69) is 16.7 Å². The molecule has 2 amide bonds. The molecule has 40 heavy (non-hydrogen) atoms. The Hall–Kier alpha value is -4.45. The van der Waals surface area contributed by atoms with E-state index in [1.165, 1.54) is 12.1 Å². The van der Waals surface area contributed by atoms with Crippen LogP contribution in [0.2, 0.25) is 0 Å². The monoisotopic (exact) mass is 543 g/mol. The van der Waals surface area contributed by atoms with Gasteiger partial charge in [0.1, 0.15) is 17.2 Å². The van der Waals surface area contributed by atoms with Crippen molar-refractivity contribution in [1.29, 1.82) is 5.26 Å². The number of rotatable bonds is 8. The summed E-state index contributed by atoms with van der Waals surface area (Å²) in [6.07, 6.45) is 1.74. The normalized spacial score (nSPS) is 14.9. The molecule has 2 N–H and O–H groups in total. The summed E-state index contributed by atoms with van der Waals surface area (Å²) >= 11 is 0. The zero-order chi connectivity index (χ0) is 28.7. The first-order chi connectivity index (χ1) is 19.1. The number of carbonyl (C=O) groups excluding carboxylic acids is 2. The fourth-order valence-corrected chi connectivity index (χ4v) is 4.66. The summed E-state index contributed by atoms with van der Waals surface area (Å²) in [5.41, 5.74) is 2.23. The molecule has 1 aliphatic heterocycles. The van der Waals surface area contributed by atoms with Gasteiger partial charge in [0.2, 0.25) is 0 Å². The molecule has 1 atom stereocenters. The lowest BCUT2D eigenvalue weighted by molar-refractivity contribution is 0.0225. The summed E-state index contributed by atoms with van der Waals surface area (Å²) in [5, 5.41) is 15.7. The van der Waals surface area contributed by atoms with Gasteiger partial charge in [0, 0.05) is 25.2 Å². The zero-order valence-electron chi connectivity index (χ0n) is 23.0. The van der Waals surface area contributed by atoms with Gasteiger partial charge < -0.3 is 20.3 Å². The second-order valence-electron chi connectivity index (χ2n) is 10.7. The Morgan fingerprint density at radius 2 is 1.95 bits per heavy atom. The van der Waals surface area contributed by atoms with E-state index >= 15 is 0 Å². The number of halogens is 1. The average molecular weight is 544 g/mol. The Kier molecular flexibility index (Phi) is 9.00.